The van der Waals surface area contributed by atoms with Gasteiger partial charge in [0.2, 0.25) is 0 Å². The monoisotopic (exact) mass is 310 g/mol. The molecule has 0 aliphatic rings. The molecule has 0 fully saturated rings. The second-order valence-corrected chi connectivity index (χ2v) is 5.39. The van der Waals surface area contributed by atoms with E-state index in [1.165, 1.54) is 0 Å². The Morgan fingerprint density at radius 2 is 2.17 bits per heavy atom. The van der Waals surface area contributed by atoms with Crippen LogP contribution in [-0.2, 0) is 11.8 Å². The first-order chi connectivity index (χ1) is 11.0. The number of carbonyl (C=O) groups is 1. The van der Waals surface area contributed by atoms with Gasteiger partial charge in [-0.2, -0.15) is 5.10 Å². The summed E-state index contributed by atoms with van der Waals surface area (Å²) < 4.78 is 3.76. The van der Waals surface area contributed by atoms with Crippen molar-refractivity contribution >= 4 is 22.9 Å². The third kappa shape index (κ3) is 2.52. The quantitative estimate of drug-likeness (QED) is 0.752. The van der Waals surface area contributed by atoms with Crippen molar-refractivity contribution in [3.8, 4) is 5.82 Å². The highest BCUT2D eigenvalue weighted by Gasteiger charge is 2.17. The summed E-state index contributed by atoms with van der Waals surface area (Å²) in [6.07, 6.45) is 7.66. The van der Waals surface area contributed by atoms with Crippen LogP contribution in [0.2, 0.25) is 0 Å². The Balaban J connectivity index is 2.27. The zero-order valence-corrected chi connectivity index (χ0v) is 13.3. The van der Waals surface area contributed by atoms with Crippen LogP contribution in [0, 0.1) is 6.92 Å². The largest absolute Gasteiger partial charge is 0.478 e. The molecule has 118 valence electrons. The molecule has 0 radical (unpaired) electrons. The molecule has 3 heterocycles. The highest BCUT2D eigenvalue weighted by Crippen LogP contribution is 2.26. The summed E-state index contributed by atoms with van der Waals surface area (Å²) in [5.41, 5.74) is 2.92. The normalized spacial score (nSPS) is 12.0. The van der Waals surface area contributed by atoms with Gasteiger partial charge in [-0.25, -0.2) is 4.79 Å². The first-order valence-corrected chi connectivity index (χ1v) is 7.41. The van der Waals surface area contributed by atoms with Gasteiger partial charge in [-0.05, 0) is 31.6 Å². The van der Waals surface area contributed by atoms with Crippen molar-refractivity contribution in [3.05, 3.63) is 47.6 Å². The third-order valence-electron chi connectivity index (χ3n) is 3.94. The van der Waals surface area contributed by atoms with Crippen LogP contribution in [0.1, 0.15) is 24.6 Å². The SMILES string of the molecule is CC/C(=C\c1c(C)nn(C)c1-n1ccc2ccncc21)C(=O)O. The summed E-state index contributed by atoms with van der Waals surface area (Å²) in [4.78, 5) is 15.5. The average molecular weight is 310 g/mol. The van der Waals surface area contributed by atoms with Gasteiger partial charge in [0.25, 0.3) is 0 Å². The van der Waals surface area contributed by atoms with Gasteiger partial charge in [0.15, 0.2) is 0 Å². The topological polar surface area (TPSA) is 72.9 Å². The number of aromatic nitrogens is 4. The summed E-state index contributed by atoms with van der Waals surface area (Å²) in [6.45, 7) is 3.72. The molecule has 0 saturated carbocycles. The Morgan fingerprint density at radius 1 is 1.39 bits per heavy atom. The predicted octanol–water partition coefficient (Wildman–Crippen LogP) is 2.95. The molecule has 6 heteroatoms. The van der Waals surface area contributed by atoms with Gasteiger partial charge in [-0.15, -0.1) is 0 Å². The van der Waals surface area contributed by atoms with Crippen LogP contribution in [0.5, 0.6) is 0 Å². The van der Waals surface area contributed by atoms with E-state index in [0.717, 1.165) is 28.0 Å². The third-order valence-corrected chi connectivity index (χ3v) is 3.94. The second-order valence-electron chi connectivity index (χ2n) is 5.39. The Morgan fingerprint density at radius 3 is 2.87 bits per heavy atom. The van der Waals surface area contributed by atoms with Gasteiger partial charge < -0.3 is 5.11 Å². The highest BCUT2D eigenvalue weighted by atomic mass is 16.4. The van der Waals surface area contributed by atoms with Crippen molar-refractivity contribution in [3.63, 3.8) is 0 Å². The van der Waals surface area contributed by atoms with Crippen molar-refractivity contribution in [2.24, 2.45) is 7.05 Å². The van der Waals surface area contributed by atoms with Crippen LogP contribution in [0.4, 0.5) is 0 Å². The minimum absolute atomic E-state index is 0.358. The van der Waals surface area contributed by atoms with Crippen molar-refractivity contribution in [1.82, 2.24) is 19.3 Å². The average Bonchev–Trinajstić information content (AvgIpc) is 3.05. The molecule has 23 heavy (non-hydrogen) atoms. The Kier molecular flexibility index (Phi) is 3.73. The molecule has 3 aromatic heterocycles. The van der Waals surface area contributed by atoms with Gasteiger partial charge in [0, 0.05) is 36.0 Å². The lowest BCUT2D eigenvalue weighted by Crippen LogP contribution is -2.04. The number of pyridine rings is 1. The zero-order valence-electron chi connectivity index (χ0n) is 13.3. The summed E-state index contributed by atoms with van der Waals surface area (Å²) in [7, 11) is 1.86. The molecule has 0 aromatic carbocycles. The van der Waals surface area contributed by atoms with Gasteiger partial charge in [0.05, 0.1) is 17.4 Å². The predicted molar refractivity (Wildman–Crippen MR) is 88.5 cm³/mol. The van der Waals surface area contributed by atoms with Crippen molar-refractivity contribution in [2.75, 3.05) is 0 Å². The standard InChI is InChI=1S/C17H18N4O2/c1-4-12(17(22)23)9-14-11(2)19-20(3)16(14)21-8-6-13-5-7-18-10-15(13)21/h5-10H,4H2,1-3H3,(H,22,23)/b12-9+. The Bertz CT molecular complexity index is 918. The molecule has 0 aliphatic carbocycles. The number of aliphatic carboxylic acids is 1. The van der Waals surface area contributed by atoms with Crippen LogP contribution in [0.25, 0.3) is 22.8 Å². The van der Waals surface area contributed by atoms with E-state index in [-0.39, 0.29) is 0 Å². The number of aryl methyl sites for hydroxylation is 2. The smallest absolute Gasteiger partial charge is 0.331 e. The lowest BCUT2D eigenvalue weighted by molar-refractivity contribution is -0.132. The summed E-state index contributed by atoms with van der Waals surface area (Å²) in [5, 5.41) is 14.8. The first-order valence-electron chi connectivity index (χ1n) is 7.41. The van der Waals surface area contributed by atoms with E-state index >= 15 is 0 Å². The van der Waals surface area contributed by atoms with Gasteiger partial charge in [-0.3, -0.25) is 14.2 Å². The van der Waals surface area contributed by atoms with Crippen LogP contribution in [-0.4, -0.2) is 30.4 Å². The molecule has 0 spiro atoms. The van der Waals surface area contributed by atoms with E-state index in [2.05, 4.69) is 10.1 Å². The molecular formula is C17H18N4O2. The van der Waals surface area contributed by atoms with Crippen molar-refractivity contribution in [2.45, 2.75) is 20.3 Å². The minimum Gasteiger partial charge on any atom is -0.478 e. The number of carboxylic acid groups (broad SMARTS) is 1. The summed E-state index contributed by atoms with van der Waals surface area (Å²) in [6, 6.07) is 3.95. The van der Waals surface area contributed by atoms with E-state index in [1.807, 2.05) is 43.8 Å². The Labute approximate surface area is 133 Å². The molecule has 0 bridgehead atoms. The van der Waals surface area contributed by atoms with Crippen LogP contribution >= 0.6 is 0 Å². The molecule has 0 unspecified atom stereocenters. The van der Waals surface area contributed by atoms with E-state index in [9.17, 15) is 9.90 Å². The number of carboxylic acids is 1. The summed E-state index contributed by atoms with van der Waals surface area (Å²) >= 11 is 0. The van der Waals surface area contributed by atoms with Crippen LogP contribution in [0.15, 0.2) is 36.3 Å². The van der Waals surface area contributed by atoms with Crippen LogP contribution in [0.3, 0.4) is 0 Å². The van der Waals surface area contributed by atoms with Crippen molar-refractivity contribution in [1.29, 1.82) is 0 Å². The van der Waals surface area contributed by atoms with Gasteiger partial charge >= 0.3 is 5.97 Å². The number of hydrogen-bond donors (Lipinski definition) is 1. The Hall–Kier alpha value is -2.89. The number of rotatable bonds is 4. The van der Waals surface area contributed by atoms with Crippen LogP contribution < -0.4 is 0 Å². The molecule has 0 saturated heterocycles. The second kappa shape index (κ2) is 5.72. The lowest BCUT2D eigenvalue weighted by Gasteiger charge is -2.08. The maximum absolute atomic E-state index is 11.4. The summed E-state index contributed by atoms with van der Waals surface area (Å²) in [5.74, 6) is -0.0709. The molecule has 6 nitrogen and oxygen atoms in total. The maximum Gasteiger partial charge on any atom is 0.331 e. The molecule has 0 amide bonds. The fourth-order valence-corrected chi connectivity index (χ4v) is 2.77. The first kappa shape index (κ1) is 15.0. The molecule has 3 aromatic rings. The molecule has 3 rings (SSSR count). The van der Waals surface area contributed by atoms with Gasteiger partial charge in [0.1, 0.15) is 5.82 Å². The number of fused-ring (bicyclic) bond motifs is 1. The van der Waals surface area contributed by atoms with Crippen molar-refractivity contribution < 1.29 is 9.90 Å². The minimum atomic E-state index is -0.902. The van der Waals surface area contributed by atoms with E-state index < -0.39 is 5.97 Å². The van der Waals surface area contributed by atoms with E-state index in [1.54, 1.807) is 23.2 Å². The molecule has 0 atom stereocenters. The molecule has 1 N–H and O–H groups in total. The highest BCUT2D eigenvalue weighted by molar-refractivity contribution is 5.93. The van der Waals surface area contributed by atoms with Gasteiger partial charge in [-0.1, -0.05) is 6.92 Å². The molecule has 0 aliphatic heterocycles. The molecular weight excluding hydrogens is 292 g/mol. The number of nitrogens with zero attached hydrogens (tertiary/aromatic N) is 4. The number of hydrogen-bond acceptors (Lipinski definition) is 3. The maximum atomic E-state index is 11.4. The fraction of sp³-hybridized carbons (Fsp3) is 0.235. The fourth-order valence-electron chi connectivity index (χ4n) is 2.77. The van der Waals surface area contributed by atoms with E-state index in [4.69, 9.17) is 0 Å². The lowest BCUT2D eigenvalue weighted by atomic mass is 10.1. The zero-order chi connectivity index (χ0) is 16.6. The van der Waals surface area contributed by atoms with E-state index in [0.29, 0.717) is 12.0 Å².